The van der Waals surface area contributed by atoms with Gasteiger partial charge in [-0.15, -0.1) is 0 Å². The Labute approximate surface area is 186 Å². The fraction of sp³-hybridized carbons (Fsp3) is 0.458. The number of para-hydroxylation sites is 2. The zero-order valence-corrected chi connectivity index (χ0v) is 20.1. The molecule has 0 aliphatic heterocycles. The van der Waals surface area contributed by atoms with Crippen molar-refractivity contribution >= 4 is 21.6 Å². The van der Waals surface area contributed by atoms with E-state index in [9.17, 15) is 13.2 Å². The summed E-state index contributed by atoms with van der Waals surface area (Å²) in [4.78, 5) is 13.1. The zero-order chi connectivity index (χ0) is 23.3. The first-order valence-corrected chi connectivity index (χ1v) is 11.9. The van der Waals surface area contributed by atoms with Crippen molar-refractivity contribution in [3.05, 3.63) is 54.6 Å². The molecule has 0 bridgehead atoms. The van der Waals surface area contributed by atoms with Gasteiger partial charge in [0.2, 0.25) is 5.91 Å². The summed E-state index contributed by atoms with van der Waals surface area (Å²) in [6, 6.07) is 15.0. The largest absolute Gasteiger partial charge is 0.492 e. The van der Waals surface area contributed by atoms with Crippen molar-refractivity contribution in [2.45, 2.75) is 58.4 Å². The minimum Gasteiger partial charge on any atom is -0.492 e. The van der Waals surface area contributed by atoms with Gasteiger partial charge in [-0.3, -0.25) is 9.10 Å². The van der Waals surface area contributed by atoms with Crippen molar-refractivity contribution in [2.75, 3.05) is 17.5 Å². The molecule has 0 saturated carbocycles. The lowest BCUT2D eigenvalue weighted by molar-refractivity contribution is -0.121. The average Bonchev–Trinajstić information content (AvgIpc) is 2.65. The summed E-state index contributed by atoms with van der Waals surface area (Å²) >= 11 is 0. The molecule has 2 aromatic rings. The number of sulfonamides is 1. The zero-order valence-electron chi connectivity index (χ0n) is 19.3. The molecule has 2 aromatic carbocycles. The van der Waals surface area contributed by atoms with Crippen molar-refractivity contribution in [3.63, 3.8) is 0 Å². The van der Waals surface area contributed by atoms with Crippen molar-refractivity contribution in [1.29, 1.82) is 0 Å². The van der Waals surface area contributed by atoms with Crippen LogP contribution in [0.2, 0.25) is 0 Å². The van der Waals surface area contributed by atoms with Gasteiger partial charge in [-0.25, -0.2) is 8.42 Å². The number of amides is 1. The second kappa shape index (κ2) is 9.73. The number of carbonyl (C=O) groups excluding carboxylic acids is 1. The molecule has 0 aliphatic rings. The van der Waals surface area contributed by atoms with E-state index in [0.29, 0.717) is 18.0 Å². The Bertz CT molecular complexity index is 980. The molecule has 0 aliphatic carbocycles. The Hall–Kier alpha value is -2.54. The lowest BCUT2D eigenvalue weighted by Crippen LogP contribution is -2.50. The van der Waals surface area contributed by atoms with Gasteiger partial charge in [-0.05, 0) is 56.9 Å². The van der Waals surface area contributed by atoms with E-state index in [1.165, 1.54) is 12.1 Å². The topological polar surface area (TPSA) is 75.7 Å². The minimum atomic E-state index is -3.99. The van der Waals surface area contributed by atoms with Gasteiger partial charge < -0.3 is 10.1 Å². The third-order valence-electron chi connectivity index (χ3n) is 4.50. The second-order valence-electron chi connectivity index (χ2n) is 9.39. The summed E-state index contributed by atoms with van der Waals surface area (Å²) in [5.74, 6) is 0.0336. The highest BCUT2D eigenvalue weighted by Crippen LogP contribution is 2.33. The third-order valence-corrected chi connectivity index (χ3v) is 6.28. The summed E-state index contributed by atoms with van der Waals surface area (Å²) in [5.41, 5.74) is -0.151. The highest BCUT2D eigenvalue weighted by atomic mass is 32.2. The lowest BCUT2D eigenvalue weighted by atomic mass is 9.82. The van der Waals surface area contributed by atoms with E-state index >= 15 is 0 Å². The number of ether oxygens (including phenoxy) is 1. The van der Waals surface area contributed by atoms with Gasteiger partial charge >= 0.3 is 0 Å². The quantitative estimate of drug-likeness (QED) is 0.610. The van der Waals surface area contributed by atoms with Crippen LogP contribution in [0.1, 0.15) is 48.0 Å². The van der Waals surface area contributed by atoms with Gasteiger partial charge in [-0.2, -0.15) is 0 Å². The predicted molar refractivity (Wildman–Crippen MR) is 125 cm³/mol. The van der Waals surface area contributed by atoms with Crippen LogP contribution in [0.25, 0.3) is 0 Å². The van der Waals surface area contributed by atoms with Gasteiger partial charge in [0.25, 0.3) is 10.0 Å². The molecule has 6 nitrogen and oxygen atoms in total. The maximum atomic E-state index is 13.5. The van der Waals surface area contributed by atoms with Gasteiger partial charge in [0.05, 0.1) is 17.2 Å². The van der Waals surface area contributed by atoms with Crippen LogP contribution in [0.3, 0.4) is 0 Å². The van der Waals surface area contributed by atoms with Crippen LogP contribution in [-0.4, -0.2) is 33.0 Å². The maximum absolute atomic E-state index is 13.5. The number of rotatable bonds is 9. The first-order chi connectivity index (χ1) is 14.4. The molecule has 7 heteroatoms. The summed E-state index contributed by atoms with van der Waals surface area (Å²) in [6.07, 6.45) is 0.743. The van der Waals surface area contributed by atoms with Crippen molar-refractivity contribution in [3.8, 4) is 5.75 Å². The van der Waals surface area contributed by atoms with E-state index in [0.717, 1.165) is 10.7 Å². The van der Waals surface area contributed by atoms with Gasteiger partial charge in [-0.1, -0.05) is 51.1 Å². The molecule has 0 heterocycles. The number of nitrogens with one attached hydrogen (secondary N) is 1. The summed E-state index contributed by atoms with van der Waals surface area (Å²) in [6.45, 7) is 12.0. The first-order valence-electron chi connectivity index (χ1n) is 10.5. The van der Waals surface area contributed by atoms with Crippen LogP contribution in [-0.2, 0) is 14.8 Å². The van der Waals surface area contributed by atoms with E-state index in [1.54, 1.807) is 42.5 Å². The minimum absolute atomic E-state index is 0.00808. The van der Waals surface area contributed by atoms with E-state index < -0.39 is 15.6 Å². The first kappa shape index (κ1) is 24.7. The average molecular weight is 447 g/mol. The molecule has 31 heavy (non-hydrogen) atoms. The van der Waals surface area contributed by atoms with Crippen molar-refractivity contribution < 1.29 is 17.9 Å². The molecule has 0 fully saturated rings. The molecule has 1 N–H and O–H groups in total. The normalized spacial score (nSPS) is 12.3. The Balaban J connectivity index is 2.43. The SMILES string of the molecule is CCOc1ccccc1N(CC(=O)NC(C)(C)CC(C)(C)C)S(=O)(=O)c1ccccc1. The van der Waals surface area contributed by atoms with E-state index in [4.69, 9.17) is 4.74 Å². The van der Waals surface area contributed by atoms with Crippen LogP contribution >= 0.6 is 0 Å². The van der Waals surface area contributed by atoms with Crippen molar-refractivity contribution in [2.24, 2.45) is 5.41 Å². The number of benzene rings is 2. The predicted octanol–water partition coefficient (Wildman–Crippen LogP) is 4.61. The van der Waals surface area contributed by atoms with E-state index in [2.05, 4.69) is 26.1 Å². The Kier molecular flexibility index (Phi) is 7.76. The second-order valence-corrected chi connectivity index (χ2v) is 11.3. The monoisotopic (exact) mass is 446 g/mol. The number of nitrogens with zero attached hydrogens (tertiary/aromatic N) is 1. The Morgan fingerprint density at radius 2 is 1.55 bits per heavy atom. The standard InChI is InChI=1S/C24H34N2O4S/c1-7-30-21-16-12-11-15-20(21)26(31(28,29)19-13-9-8-10-14-19)17-22(27)25-24(5,6)18-23(2,3)4/h8-16H,7,17-18H2,1-6H3,(H,25,27). The summed E-state index contributed by atoms with van der Waals surface area (Å²) < 4.78 is 33.8. The number of hydrogen-bond donors (Lipinski definition) is 1. The van der Waals surface area contributed by atoms with Crippen LogP contribution < -0.4 is 14.4 Å². The van der Waals surface area contributed by atoms with Crippen molar-refractivity contribution in [1.82, 2.24) is 5.32 Å². The molecule has 0 aromatic heterocycles. The molecule has 0 atom stereocenters. The van der Waals surface area contributed by atoms with E-state index in [-0.39, 0.29) is 22.8 Å². The molecular formula is C24H34N2O4S. The number of anilines is 1. The summed E-state index contributed by atoms with van der Waals surface area (Å²) in [5, 5.41) is 3.00. The van der Waals surface area contributed by atoms with E-state index in [1.807, 2.05) is 20.8 Å². The molecule has 0 saturated heterocycles. The lowest BCUT2D eigenvalue weighted by Gasteiger charge is -2.34. The highest BCUT2D eigenvalue weighted by molar-refractivity contribution is 7.92. The molecule has 2 rings (SSSR count). The summed E-state index contributed by atoms with van der Waals surface area (Å²) in [7, 11) is -3.99. The molecular weight excluding hydrogens is 412 g/mol. The smallest absolute Gasteiger partial charge is 0.264 e. The van der Waals surface area contributed by atoms with Crippen LogP contribution in [0.15, 0.2) is 59.5 Å². The van der Waals surface area contributed by atoms with Gasteiger partial charge in [0.1, 0.15) is 12.3 Å². The Morgan fingerprint density at radius 3 is 2.13 bits per heavy atom. The molecule has 1 amide bonds. The Morgan fingerprint density at radius 1 is 0.968 bits per heavy atom. The highest BCUT2D eigenvalue weighted by Gasteiger charge is 2.32. The maximum Gasteiger partial charge on any atom is 0.264 e. The van der Waals surface area contributed by atoms with Crippen LogP contribution in [0.4, 0.5) is 5.69 Å². The van der Waals surface area contributed by atoms with Crippen LogP contribution in [0.5, 0.6) is 5.75 Å². The number of hydrogen-bond acceptors (Lipinski definition) is 4. The third kappa shape index (κ3) is 6.99. The fourth-order valence-corrected chi connectivity index (χ4v) is 5.33. The molecule has 0 spiro atoms. The van der Waals surface area contributed by atoms with Crippen LogP contribution in [0, 0.1) is 5.41 Å². The van der Waals surface area contributed by atoms with Gasteiger partial charge in [0, 0.05) is 5.54 Å². The number of carbonyl (C=O) groups is 1. The fourth-order valence-electron chi connectivity index (χ4n) is 3.88. The molecule has 0 unspecified atom stereocenters. The van der Waals surface area contributed by atoms with Gasteiger partial charge in [0.15, 0.2) is 0 Å². The molecule has 0 radical (unpaired) electrons. The molecule has 170 valence electrons.